The number of hydrogen-bond donors (Lipinski definition) is 1. The number of amides is 1. The molecule has 0 saturated carbocycles. The molecule has 0 aliphatic heterocycles. The molecule has 0 atom stereocenters. The standard InChI is InChI=1S/C22H20N2O3S/c1-27-12-5-10-23-21(25)18-14-17(15-6-3-2-4-7-15)22(26)24-11-8-16-9-13-28-20(16)19(18)24/h2-4,6-9,11,13-14H,5,10,12H2,1H3,(H,23,25). The Hall–Kier alpha value is -2.96. The lowest BCUT2D eigenvalue weighted by Crippen LogP contribution is -2.28. The predicted octanol–water partition coefficient (Wildman–Crippen LogP) is 3.95. The molecule has 6 heteroatoms. The van der Waals surface area contributed by atoms with Crippen LogP contribution in [0.25, 0.3) is 26.7 Å². The Bertz CT molecular complexity index is 1200. The highest BCUT2D eigenvalue weighted by atomic mass is 32.1. The molecule has 1 aromatic carbocycles. The van der Waals surface area contributed by atoms with Crippen LogP contribution in [-0.2, 0) is 4.74 Å². The van der Waals surface area contributed by atoms with Crippen LogP contribution in [0.4, 0.5) is 0 Å². The summed E-state index contributed by atoms with van der Waals surface area (Å²) in [5.74, 6) is -0.188. The van der Waals surface area contributed by atoms with E-state index >= 15 is 0 Å². The van der Waals surface area contributed by atoms with E-state index in [0.29, 0.717) is 29.8 Å². The second kappa shape index (κ2) is 7.96. The zero-order valence-electron chi connectivity index (χ0n) is 15.5. The highest BCUT2D eigenvalue weighted by Crippen LogP contribution is 2.29. The first-order valence-corrected chi connectivity index (χ1v) is 9.97. The summed E-state index contributed by atoms with van der Waals surface area (Å²) in [6.45, 7) is 1.10. The van der Waals surface area contributed by atoms with Gasteiger partial charge in [0, 0.05) is 32.0 Å². The van der Waals surface area contributed by atoms with E-state index in [4.69, 9.17) is 4.74 Å². The maximum absolute atomic E-state index is 13.2. The second-order valence-corrected chi connectivity index (χ2v) is 7.40. The molecule has 3 heterocycles. The zero-order chi connectivity index (χ0) is 19.5. The predicted molar refractivity (Wildman–Crippen MR) is 113 cm³/mol. The number of ether oxygens (including phenoxy) is 1. The lowest BCUT2D eigenvalue weighted by atomic mass is 10.0. The number of hydrogen-bond acceptors (Lipinski definition) is 4. The maximum Gasteiger partial charge on any atom is 0.263 e. The second-order valence-electron chi connectivity index (χ2n) is 6.48. The Balaban J connectivity index is 1.92. The summed E-state index contributed by atoms with van der Waals surface area (Å²) < 4.78 is 7.56. The minimum atomic E-state index is -0.188. The number of fused-ring (bicyclic) bond motifs is 3. The number of aromatic nitrogens is 1. The van der Waals surface area contributed by atoms with Crippen molar-refractivity contribution in [2.24, 2.45) is 0 Å². The molecule has 5 nitrogen and oxygen atoms in total. The number of benzene rings is 1. The molecule has 0 unspecified atom stereocenters. The Labute approximate surface area is 166 Å². The van der Waals surface area contributed by atoms with Gasteiger partial charge in [0.1, 0.15) is 0 Å². The molecule has 0 spiro atoms. The van der Waals surface area contributed by atoms with Gasteiger partial charge in [-0.15, -0.1) is 11.3 Å². The van der Waals surface area contributed by atoms with Gasteiger partial charge in [0.15, 0.2) is 0 Å². The van der Waals surface area contributed by atoms with E-state index in [1.54, 1.807) is 23.8 Å². The molecular formula is C22H20N2O3S. The van der Waals surface area contributed by atoms with Crippen LogP contribution in [0.5, 0.6) is 0 Å². The van der Waals surface area contributed by atoms with Gasteiger partial charge in [-0.25, -0.2) is 0 Å². The number of thiophene rings is 1. The van der Waals surface area contributed by atoms with E-state index in [1.807, 2.05) is 47.8 Å². The molecule has 3 aromatic heterocycles. The number of nitrogens with one attached hydrogen (secondary N) is 1. The third-order valence-electron chi connectivity index (χ3n) is 4.69. The quantitative estimate of drug-likeness (QED) is 0.506. The first-order chi connectivity index (χ1) is 13.7. The SMILES string of the molecule is COCCCNC(=O)c1cc(-c2ccccc2)c(=O)n2ccc3ccsc3c12. The van der Waals surface area contributed by atoms with Gasteiger partial charge in [0.05, 0.1) is 15.8 Å². The maximum atomic E-state index is 13.2. The van der Waals surface area contributed by atoms with Crippen LogP contribution in [0.3, 0.4) is 0 Å². The third-order valence-corrected chi connectivity index (χ3v) is 5.62. The van der Waals surface area contributed by atoms with Crippen molar-refractivity contribution in [3.05, 3.63) is 76.0 Å². The molecule has 4 rings (SSSR count). The van der Waals surface area contributed by atoms with Gasteiger partial charge < -0.3 is 10.1 Å². The molecule has 0 saturated heterocycles. The fourth-order valence-electron chi connectivity index (χ4n) is 3.32. The molecular weight excluding hydrogens is 372 g/mol. The Morgan fingerprint density at radius 2 is 2.00 bits per heavy atom. The molecule has 1 amide bonds. The number of nitrogens with zero attached hydrogens (tertiary/aromatic N) is 1. The summed E-state index contributed by atoms with van der Waals surface area (Å²) in [5, 5.41) is 5.94. The molecule has 0 aliphatic carbocycles. The molecule has 0 bridgehead atoms. The Morgan fingerprint density at radius 1 is 1.18 bits per heavy atom. The van der Waals surface area contributed by atoms with Gasteiger partial charge in [-0.1, -0.05) is 30.3 Å². The zero-order valence-corrected chi connectivity index (χ0v) is 16.3. The van der Waals surface area contributed by atoms with Gasteiger partial charge >= 0.3 is 0 Å². The normalized spacial score (nSPS) is 11.2. The van der Waals surface area contributed by atoms with Crippen LogP contribution >= 0.6 is 11.3 Å². The van der Waals surface area contributed by atoms with Crippen molar-refractivity contribution in [2.45, 2.75) is 6.42 Å². The van der Waals surface area contributed by atoms with Gasteiger partial charge in [-0.05, 0) is 40.9 Å². The van der Waals surface area contributed by atoms with E-state index in [2.05, 4.69) is 5.32 Å². The summed E-state index contributed by atoms with van der Waals surface area (Å²) >= 11 is 1.53. The van der Waals surface area contributed by atoms with Crippen molar-refractivity contribution in [1.29, 1.82) is 0 Å². The summed E-state index contributed by atoms with van der Waals surface area (Å²) in [7, 11) is 1.64. The highest BCUT2D eigenvalue weighted by Gasteiger charge is 2.18. The van der Waals surface area contributed by atoms with E-state index < -0.39 is 0 Å². The topological polar surface area (TPSA) is 59.8 Å². The number of carbonyl (C=O) groups excluding carboxylic acids is 1. The van der Waals surface area contributed by atoms with E-state index in [0.717, 1.165) is 22.1 Å². The van der Waals surface area contributed by atoms with E-state index in [-0.39, 0.29) is 11.5 Å². The average molecular weight is 392 g/mol. The van der Waals surface area contributed by atoms with Gasteiger partial charge in [0.25, 0.3) is 11.5 Å². The van der Waals surface area contributed by atoms with Crippen LogP contribution < -0.4 is 10.9 Å². The van der Waals surface area contributed by atoms with E-state index in [9.17, 15) is 9.59 Å². The number of carbonyl (C=O) groups is 1. The summed E-state index contributed by atoms with van der Waals surface area (Å²) in [6.07, 6.45) is 2.48. The lowest BCUT2D eigenvalue weighted by Gasteiger charge is -2.13. The summed E-state index contributed by atoms with van der Waals surface area (Å²) in [5.41, 5.74) is 2.33. The Morgan fingerprint density at radius 3 is 2.79 bits per heavy atom. The molecule has 1 N–H and O–H groups in total. The van der Waals surface area contributed by atoms with E-state index in [1.165, 1.54) is 11.3 Å². The minimum Gasteiger partial charge on any atom is -0.385 e. The van der Waals surface area contributed by atoms with Crippen LogP contribution in [0.1, 0.15) is 16.8 Å². The minimum absolute atomic E-state index is 0.132. The first kappa shape index (κ1) is 18.4. The molecule has 142 valence electrons. The van der Waals surface area contributed by atoms with Crippen molar-refractivity contribution in [3.8, 4) is 11.1 Å². The number of pyridine rings is 2. The molecule has 0 fully saturated rings. The fourth-order valence-corrected chi connectivity index (χ4v) is 4.26. The monoisotopic (exact) mass is 392 g/mol. The molecule has 28 heavy (non-hydrogen) atoms. The van der Waals surface area contributed by atoms with Gasteiger partial charge in [-0.2, -0.15) is 0 Å². The van der Waals surface area contributed by atoms with Gasteiger partial charge in [-0.3, -0.25) is 14.0 Å². The first-order valence-electron chi connectivity index (χ1n) is 9.09. The van der Waals surface area contributed by atoms with Crippen LogP contribution in [-0.4, -0.2) is 30.6 Å². The third kappa shape index (κ3) is 3.32. The molecule has 4 aromatic rings. The van der Waals surface area contributed by atoms with Crippen molar-refractivity contribution in [1.82, 2.24) is 9.72 Å². The molecule has 0 aliphatic rings. The number of rotatable bonds is 6. The summed E-state index contributed by atoms with van der Waals surface area (Å²) in [6, 6.07) is 15.1. The van der Waals surface area contributed by atoms with Crippen LogP contribution in [0.15, 0.2) is 64.9 Å². The van der Waals surface area contributed by atoms with Gasteiger partial charge in [0.2, 0.25) is 0 Å². The molecule has 0 radical (unpaired) electrons. The highest BCUT2D eigenvalue weighted by molar-refractivity contribution is 7.18. The fraction of sp³-hybridized carbons (Fsp3) is 0.182. The van der Waals surface area contributed by atoms with Crippen molar-refractivity contribution in [3.63, 3.8) is 0 Å². The van der Waals surface area contributed by atoms with Crippen LogP contribution in [0, 0.1) is 0 Å². The lowest BCUT2D eigenvalue weighted by molar-refractivity contribution is 0.0950. The summed E-state index contributed by atoms with van der Waals surface area (Å²) in [4.78, 5) is 26.2. The van der Waals surface area contributed by atoms with Crippen molar-refractivity contribution < 1.29 is 9.53 Å². The smallest absolute Gasteiger partial charge is 0.263 e. The average Bonchev–Trinajstić information content (AvgIpc) is 3.21. The Kier molecular flexibility index (Phi) is 5.23. The van der Waals surface area contributed by atoms with Crippen molar-refractivity contribution in [2.75, 3.05) is 20.3 Å². The van der Waals surface area contributed by atoms with Crippen molar-refractivity contribution >= 4 is 32.8 Å². The van der Waals surface area contributed by atoms with Crippen LogP contribution in [0.2, 0.25) is 0 Å². The largest absolute Gasteiger partial charge is 0.385 e. The number of methoxy groups -OCH3 is 1.